The Morgan fingerprint density at radius 3 is 2.92 bits per heavy atom. The maximum Gasteiger partial charge on any atom is 0.351 e. The van der Waals surface area contributed by atoms with E-state index in [2.05, 4.69) is 15.1 Å². The van der Waals surface area contributed by atoms with Crippen LogP contribution in [0.15, 0.2) is 33.8 Å². The molecule has 1 atom stereocenters. The molecule has 2 amide bonds. The van der Waals surface area contributed by atoms with E-state index >= 15 is 0 Å². The fourth-order valence-electron chi connectivity index (χ4n) is 5.33. The molecule has 37 heavy (non-hydrogen) atoms. The highest BCUT2D eigenvalue weighted by Gasteiger charge is 2.29. The minimum atomic E-state index is -0.301. The summed E-state index contributed by atoms with van der Waals surface area (Å²) in [5, 5.41) is 4.09. The lowest BCUT2D eigenvalue weighted by Crippen LogP contribution is -2.32. The van der Waals surface area contributed by atoms with Crippen molar-refractivity contribution in [2.24, 2.45) is 4.99 Å². The molecule has 1 saturated carbocycles. The van der Waals surface area contributed by atoms with E-state index in [1.165, 1.54) is 12.8 Å². The van der Waals surface area contributed by atoms with Crippen molar-refractivity contribution in [1.29, 1.82) is 0 Å². The summed E-state index contributed by atoms with van der Waals surface area (Å²) < 4.78 is 28.5. The van der Waals surface area contributed by atoms with Crippen LogP contribution in [0.3, 0.4) is 0 Å². The van der Waals surface area contributed by atoms with E-state index in [1.54, 1.807) is 4.90 Å². The van der Waals surface area contributed by atoms with Gasteiger partial charge in [-0.3, -0.25) is 4.90 Å². The standard InChI is InChI=1S/C27H32N4O6/c32-27-29-25(36-16-21-10-12-33-13-14-34-21)8-7-23-22-6-5-20(15-19(22)9-11-31(23)27)35-17-24-28-26(37-30-24)18-3-1-2-4-18/h5-7,15,18,21H,1-4,8-14,16-17H2. The van der Waals surface area contributed by atoms with Gasteiger partial charge in [-0.1, -0.05) is 24.1 Å². The maximum atomic E-state index is 12.9. The predicted molar refractivity (Wildman–Crippen MR) is 133 cm³/mol. The Morgan fingerprint density at radius 2 is 2.00 bits per heavy atom. The Hall–Kier alpha value is -3.24. The third-order valence-electron chi connectivity index (χ3n) is 7.33. The van der Waals surface area contributed by atoms with Crippen LogP contribution in [-0.2, 0) is 27.2 Å². The number of aliphatic imine (C=N–C) groups is 1. The lowest BCUT2D eigenvalue weighted by atomic mass is 9.96. The van der Waals surface area contributed by atoms with E-state index in [0.29, 0.717) is 63.5 Å². The fourth-order valence-corrected chi connectivity index (χ4v) is 5.33. The van der Waals surface area contributed by atoms with Crippen LogP contribution in [0.5, 0.6) is 5.75 Å². The van der Waals surface area contributed by atoms with Crippen molar-refractivity contribution in [2.75, 3.05) is 33.0 Å². The summed E-state index contributed by atoms with van der Waals surface area (Å²) in [5.74, 6) is 2.84. The first-order valence-electron chi connectivity index (χ1n) is 13.2. The van der Waals surface area contributed by atoms with Crippen LogP contribution in [0, 0.1) is 0 Å². The van der Waals surface area contributed by atoms with Crippen molar-refractivity contribution >= 4 is 17.6 Å². The summed E-state index contributed by atoms with van der Waals surface area (Å²) in [7, 11) is 0. The summed E-state index contributed by atoms with van der Waals surface area (Å²) >= 11 is 0. The van der Waals surface area contributed by atoms with Gasteiger partial charge in [-0.05, 0) is 43.0 Å². The molecule has 196 valence electrons. The number of amides is 2. The second kappa shape index (κ2) is 11.0. The number of aromatic nitrogens is 2. The summed E-state index contributed by atoms with van der Waals surface area (Å²) in [6.45, 7) is 2.97. The fraction of sp³-hybridized carbons (Fsp3) is 0.556. The molecule has 4 aliphatic rings. The molecule has 6 rings (SSSR count). The number of nitrogens with zero attached hydrogens (tertiary/aromatic N) is 4. The second-order valence-corrected chi connectivity index (χ2v) is 9.83. The van der Waals surface area contributed by atoms with Gasteiger partial charge in [0.15, 0.2) is 12.5 Å². The zero-order valence-corrected chi connectivity index (χ0v) is 20.9. The third kappa shape index (κ3) is 5.55. The Labute approximate surface area is 215 Å². The molecule has 1 aliphatic carbocycles. The molecule has 0 radical (unpaired) electrons. The molecule has 4 heterocycles. The van der Waals surface area contributed by atoms with Gasteiger partial charge in [0.25, 0.3) is 0 Å². The number of ether oxygens (including phenoxy) is 4. The Balaban J connectivity index is 1.09. The first-order valence-corrected chi connectivity index (χ1v) is 13.2. The first-order chi connectivity index (χ1) is 18.2. The van der Waals surface area contributed by atoms with Crippen LogP contribution >= 0.6 is 0 Å². The topological polar surface area (TPSA) is 109 Å². The van der Waals surface area contributed by atoms with Crippen molar-refractivity contribution in [1.82, 2.24) is 15.0 Å². The average Bonchev–Trinajstić information content (AvgIpc) is 3.52. The molecule has 10 heteroatoms. The number of fused-ring (bicyclic) bond motifs is 3. The van der Waals surface area contributed by atoms with E-state index < -0.39 is 0 Å². The van der Waals surface area contributed by atoms with Crippen molar-refractivity contribution in [3.8, 4) is 5.75 Å². The van der Waals surface area contributed by atoms with Gasteiger partial charge in [0, 0.05) is 43.2 Å². The number of hydrogen-bond acceptors (Lipinski definition) is 8. The molecule has 1 saturated heterocycles. The quantitative estimate of drug-likeness (QED) is 0.570. The zero-order chi connectivity index (χ0) is 25.0. The molecule has 3 aliphatic heterocycles. The normalized spacial score (nSPS) is 22.4. The van der Waals surface area contributed by atoms with Crippen LogP contribution in [0.2, 0.25) is 0 Å². The second-order valence-electron chi connectivity index (χ2n) is 9.83. The van der Waals surface area contributed by atoms with Crippen LogP contribution in [-0.4, -0.2) is 66.0 Å². The van der Waals surface area contributed by atoms with Gasteiger partial charge >= 0.3 is 6.03 Å². The number of hydrogen-bond donors (Lipinski definition) is 0. The van der Waals surface area contributed by atoms with E-state index in [-0.39, 0.29) is 18.7 Å². The molecule has 0 spiro atoms. The monoisotopic (exact) mass is 508 g/mol. The van der Waals surface area contributed by atoms with Crippen molar-refractivity contribution in [3.63, 3.8) is 0 Å². The van der Waals surface area contributed by atoms with Crippen molar-refractivity contribution < 1.29 is 28.3 Å². The lowest BCUT2D eigenvalue weighted by molar-refractivity contribution is 0.0213. The summed E-state index contributed by atoms with van der Waals surface area (Å²) in [6, 6.07) is 5.65. The van der Waals surface area contributed by atoms with Gasteiger partial charge in [0.1, 0.15) is 12.4 Å². The molecule has 1 unspecified atom stereocenters. The average molecular weight is 509 g/mol. The molecule has 2 aromatic rings. The number of carbonyl (C=O) groups excluding carboxylic acids is 1. The van der Waals surface area contributed by atoms with Gasteiger partial charge in [-0.15, -0.1) is 0 Å². The highest BCUT2D eigenvalue weighted by molar-refractivity contribution is 5.98. The van der Waals surface area contributed by atoms with E-state index in [0.717, 1.165) is 47.7 Å². The highest BCUT2D eigenvalue weighted by Crippen LogP contribution is 2.34. The maximum absolute atomic E-state index is 12.9. The van der Waals surface area contributed by atoms with Crippen LogP contribution in [0.25, 0.3) is 5.70 Å². The van der Waals surface area contributed by atoms with Crippen molar-refractivity contribution in [2.45, 2.75) is 63.6 Å². The van der Waals surface area contributed by atoms with Gasteiger partial charge in [0.2, 0.25) is 11.7 Å². The number of carbonyl (C=O) groups is 1. The summed E-state index contributed by atoms with van der Waals surface area (Å²) in [5.41, 5.74) is 3.00. The minimum absolute atomic E-state index is 0.0558. The van der Waals surface area contributed by atoms with E-state index in [1.807, 2.05) is 24.3 Å². The van der Waals surface area contributed by atoms with Crippen LogP contribution in [0.1, 0.15) is 67.3 Å². The van der Waals surface area contributed by atoms with Crippen LogP contribution in [0.4, 0.5) is 4.79 Å². The molecule has 1 aromatic carbocycles. The Kier molecular flexibility index (Phi) is 7.18. The third-order valence-corrected chi connectivity index (χ3v) is 7.33. The molecule has 0 bridgehead atoms. The molecule has 10 nitrogen and oxygen atoms in total. The van der Waals surface area contributed by atoms with Gasteiger partial charge in [0.05, 0.1) is 19.3 Å². The molecular weight excluding hydrogens is 476 g/mol. The smallest absolute Gasteiger partial charge is 0.351 e. The number of rotatable bonds is 6. The van der Waals surface area contributed by atoms with Crippen molar-refractivity contribution in [3.05, 3.63) is 47.1 Å². The summed E-state index contributed by atoms with van der Waals surface area (Å²) in [6.07, 6.45) is 8.56. The largest absolute Gasteiger partial charge is 0.485 e. The van der Waals surface area contributed by atoms with Gasteiger partial charge in [-0.25, -0.2) is 4.79 Å². The SMILES string of the molecule is O=C1N=C(OCC2CCOCCO2)CC=C2c3ccc(OCc4noc(C5CCCC5)n4)cc3CCN12. The van der Waals surface area contributed by atoms with Crippen LogP contribution < -0.4 is 4.74 Å². The Morgan fingerprint density at radius 1 is 1.08 bits per heavy atom. The van der Waals surface area contributed by atoms with E-state index in [4.69, 9.17) is 23.5 Å². The number of urea groups is 1. The Bertz CT molecular complexity index is 1180. The first kappa shape index (κ1) is 24.1. The molecule has 1 aromatic heterocycles. The van der Waals surface area contributed by atoms with Gasteiger partial charge < -0.3 is 23.5 Å². The van der Waals surface area contributed by atoms with Gasteiger partial charge in [-0.2, -0.15) is 9.98 Å². The highest BCUT2D eigenvalue weighted by atomic mass is 16.6. The number of benzene rings is 1. The molecular formula is C27H32N4O6. The minimum Gasteiger partial charge on any atom is -0.485 e. The summed E-state index contributed by atoms with van der Waals surface area (Å²) in [4.78, 5) is 23.4. The predicted octanol–water partition coefficient (Wildman–Crippen LogP) is 4.25. The molecule has 2 fully saturated rings. The van der Waals surface area contributed by atoms with E-state index in [9.17, 15) is 4.79 Å². The zero-order valence-electron chi connectivity index (χ0n) is 20.9. The molecule has 0 N–H and O–H groups in total. The lowest BCUT2D eigenvalue weighted by Gasteiger charge is -2.29.